The quantitative estimate of drug-likeness (QED) is 0.332. The van der Waals surface area contributed by atoms with Gasteiger partial charge in [-0.25, -0.2) is 9.59 Å². The van der Waals surface area contributed by atoms with Gasteiger partial charge < -0.3 is 18.9 Å². The average molecular weight is 367 g/mol. The van der Waals surface area contributed by atoms with Gasteiger partial charge >= 0.3 is 11.9 Å². The van der Waals surface area contributed by atoms with Crippen molar-refractivity contribution in [3.05, 3.63) is 40.9 Å². The number of carbonyl (C=O) groups is 2. The molecule has 7 heteroatoms. The molecule has 0 radical (unpaired) electrons. The molecule has 25 heavy (non-hydrogen) atoms. The highest BCUT2D eigenvalue weighted by atomic mass is 35.5. The van der Waals surface area contributed by atoms with Crippen LogP contribution in [0.5, 0.6) is 11.5 Å². The second-order valence-corrected chi connectivity index (χ2v) is 6.00. The summed E-state index contributed by atoms with van der Waals surface area (Å²) in [7, 11) is 0. The van der Waals surface area contributed by atoms with Crippen LogP contribution in [0.25, 0.3) is 6.08 Å². The smallest absolute Gasteiger partial charge is 0.348 e. The van der Waals surface area contributed by atoms with Gasteiger partial charge in [-0.15, -0.1) is 0 Å². The standard InChI is InChI=1S/C18H19ClO6/c1-5-7-23-15-10-13(19)11(9-14(15)22-6-2)8-12-16(20)24-18(3,4)25-17(12)21/h5,8-10H,1,6-7H2,2-4H3. The topological polar surface area (TPSA) is 71.1 Å². The van der Waals surface area contributed by atoms with E-state index in [1.807, 2.05) is 6.92 Å². The highest BCUT2D eigenvalue weighted by molar-refractivity contribution is 6.32. The minimum Gasteiger partial charge on any atom is -0.490 e. The third-order valence-corrected chi connectivity index (χ3v) is 3.46. The molecule has 6 nitrogen and oxygen atoms in total. The fourth-order valence-corrected chi connectivity index (χ4v) is 2.33. The molecule has 0 unspecified atom stereocenters. The van der Waals surface area contributed by atoms with E-state index in [2.05, 4.69) is 6.58 Å². The third-order valence-electron chi connectivity index (χ3n) is 3.14. The minimum absolute atomic E-state index is 0.247. The van der Waals surface area contributed by atoms with Gasteiger partial charge in [-0.2, -0.15) is 0 Å². The fourth-order valence-electron chi connectivity index (χ4n) is 2.13. The molecule has 0 spiro atoms. The first-order valence-corrected chi connectivity index (χ1v) is 8.03. The van der Waals surface area contributed by atoms with Gasteiger partial charge in [0.15, 0.2) is 11.5 Å². The summed E-state index contributed by atoms with van der Waals surface area (Å²) in [5, 5.41) is 0.278. The number of rotatable bonds is 6. The van der Waals surface area contributed by atoms with Gasteiger partial charge in [0, 0.05) is 19.9 Å². The van der Waals surface area contributed by atoms with Crippen LogP contribution in [0, 0.1) is 0 Å². The normalized spacial score (nSPS) is 15.9. The van der Waals surface area contributed by atoms with Crippen LogP contribution in [0.15, 0.2) is 30.4 Å². The Labute approximate surface area is 151 Å². The zero-order valence-corrected chi connectivity index (χ0v) is 15.0. The van der Waals surface area contributed by atoms with Crippen LogP contribution in [-0.2, 0) is 19.1 Å². The molecule has 1 fully saturated rings. The van der Waals surface area contributed by atoms with Crippen LogP contribution < -0.4 is 9.47 Å². The first-order valence-electron chi connectivity index (χ1n) is 7.65. The van der Waals surface area contributed by atoms with Gasteiger partial charge in [0.05, 0.1) is 11.6 Å². The number of carbonyl (C=O) groups excluding carboxylic acids is 2. The molecule has 1 saturated heterocycles. The summed E-state index contributed by atoms with van der Waals surface area (Å²) < 4.78 is 21.2. The molecular weight excluding hydrogens is 348 g/mol. The minimum atomic E-state index is -1.30. The van der Waals surface area contributed by atoms with E-state index in [1.54, 1.807) is 18.2 Å². The highest BCUT2D eigenvalue weighted by Gasteiger charge is 2.39. The van der Waals surface area contributed by atoms with Gasteiger partial charge in [-0.3, -0.25) is 0 Å². The fraction of sp³-hybridized carbons (Fsp3) is 0.333. The van der Waals surface area contributed by atoms with Crippen molar-refractivity contribution in [2.45, 2.75) is 26.6 Å². The van der Waals surface area contributed by atoms with Gasteiger partial charge in [0.1, 0.15) is 12.2 Å². The number of esters is 2. The van der Waals surface area contributed by atoms with E-state index in [9.17, 15) is 9.59 Å². The van der Waals surface area contributed by atoms with Gasteiger partial charge in [0.2, 0.25) is 0 Å². The maximum absolute atomic E-state index is 12.1. The number of ether oxygens (including phenoxy) is 4. The number of hydrogen-bond acceptors (Lipinski definition) is 6. The number of halogens is 1. The van der Waals surface area contributed by atoms with Crippen LogP contribution in [0.4, 0.5) is 0 Å². The first kappa shape index (κ1) is 18.9. The summed E-state index contributed by atoms with van der Waals surface area (Å²) in [5.41, 5.74) is 0.156. The lowest BCUT2D eigenvalue weighted by molar-refractivity contribution is -0.222. The van der Waals surface area contributed by atoms with E-state index in [4.69, 9.17) is 30.5 Å². The summed E-state index contributed by atoms with van der Waals surface area (Å²) in [5.74, 6) is -1.99. The zero-order valence-electron chi connectivity index (χ0n) is 14.3. The maximum Gasteiger partial charge on any atom is 0.348 e. The average Bonchev–Trinajstić information content (AvgIpc) is 2.51. The van der Waals surface area contributed by atoms with Crippen molar-refractivity contribution in [1.29, 1.82) is 0 Å². The third kappa shape index (κ3) is 4.54. The van der Waals surface area contributed by atoms with Crippen molar-refractivity contribution in [3.63, 3.8) is 0 Å². The summed E-state index contributed by atoms with van der Waals surface area (Å²) in [6, 6.07) is 3.13. The Bertz CT molecular complexity index is 713. The lowest BCUT2D eigenvalue weighted by atomic mass is 10.1. The van der Waals surface area contributed by atoms with Crippen molar-refractivity contribution >= 4 is 29.6 Å². The predicted molar refractivity (Wildman–Crippen MR) is 92.6 cm³/mol. The van der Waals surface area contributed by atoms with Crippen LogP contribution in [0.1, 0.15) is 26.3 Å². The molecule has 0 N–H and O–H groups in total. The Balaban J connectivity index is 2.41. The van der Waals surface area contributed by atoms with Crippen LogP contribution in [0.2, 0.25) is 5.02 Å². The molecular formula is C18H19ClO6. The Kier molecular flexibility index (Phi) is 5.74. The van der Waals surface area contributed by atoms with E-state index in [-0.39, 0.29) is 17.2 Å². The van der Waals surface area contributed by atoms with Gasteiger partial charge in [0.25, 0.3) is 5.79 Å². The Morgan fingerprint density at radius 3 is 2.32 bits per heavy atom. The lowest BCUT2D eigenvalue weighted by Crippen LogP contribution is -2.41. The summed E-state index contributed by atoms with van der Waals surface area (Å²) in [6.45, 7) is 9.05. The molecule has 1 heterocycles. The first-order chi connectivity index (χ1) is 11.8. The molecule has 1 aliphatic heterocycles. The van der Waals surface area contributed by atoms with E-state index in [0.29, 0.717) is 23.7 Å². The Hall–Kier alpha value is -2.47. The van der Waals surface area contributed by atoms with Crippen molar-refractivity contribution in [3.8, 4) is 11.5 Å². The molecule has 0 atom stereocenters. The lowest BCUT2D eigenvalue weighted by Gasteiger charge is -2.29. The SMILES string of the molecule is C=CCOc1cc(Cl)c(C=C2C(=O)OC(C)(C)OC2=O)cc1OCC. The number of cyclic esters (lactones) is 2. The van der Waals surface area contributed by atoms with Crippen molar-refractivity contribution in [1.82, 2.24) is 0 Å². The second-order valence-electron chi connectivity index (χ2n) is 5.59. The predicted octanol–water partition coefficient (Wildman–Crippen LogP) is 3.52. The molecule has 134 valence electrons. The van der Waals surface area contributed by atoms with Crippen molar-refractivity contribution in [2.24, 2.45) is 0 Å². The highest BCUT2D eigenvalue weighted by Crippen LogP contribution is 2.35. The molecule has 0 amide bonds. The monoisotopic (exact) mass is 366 g/mol. The Morgan fingerprint density at radius 2 is 1.76 bits per heavy atom. The molecule has 0 aromatic heterocycles. The second kappa shape index (κ2) is 7.61. The summed E-state index contributed by atoms with van der Waals surface area (Å²) in [6.07, 6.45) is 2.90. The largest absolute Gasteiger partial charge is 0.490 e. The molecule has 1 aromatic carbocycles. The van der Waals surface area contributed by atoms with Crippen LogP contribution in [-0.4, -0.2) is 30.9 Å². The summed E-state index contributed by atoms with van der Waals surface area (Å²) >= 11 is 6.24. The van der Waals surface area contributed by atoms with E-state index < -0.39 is 17.7 Å². The van der Waals surface area contributed by atoms with Crippen molar-refractivity contribution < 1.29 is 28.5 Å². The molecule has 0 aliphatic carbocycles. The van der Waals surface area contributed by atoms with E-state index >= 15 is 0 Å². The van der Waals surface area contributed by atoms with Crippen molar-refractivity contribution in [2.75, 3.05) is 13.2 Å². The van der Waals surface area contributed by atoms with Gasteiger partial charge in [-0.05, 0) is 24.6 Å². The summed E-state index contributed by atoms with van der Waals surface area (Å²) in [4.78, 5) is 24.1. The molecule has 1 aliphatic rings. The Morgan fingerprint density at radius 1 is 1.16 bits per heavy atom. The number of hydrogen-bond donors (Lipinski definition) is 0. The molecule has 0 bridgehead atoms. The molecule has 0 saturated carbocycles. The van der Waals surface area contributed by atoms with Crippen LogP contribution >= 0.6 is 11.6 Å². The van der Waals surface area contributed by atoms with Gasteiger partial charge in [-0.1, -0.05) is 24.3 Å². The maximum atomic E-state index is 12.1. The molecule has 2 rings (SSSR count). The zero-order chi connectivity index (χ0) is 18.6. The van der Waals surface area contributed by atoms with Crippen LogP contribution in [0.3, 0.4) is 0 Å². The van der Waals surface area contributed by atoms with E-state index in [0.717, 1.165) is 0 Å². The molecule has 1 aromatic rings. The van der Waals surface area contributed by atoms with E-state index in [1.165, 1.54) is 19.9 Å². The number of benzene rings is 1.